The Balaban J connectivity index is 1.63. The predicted molar refractivity (Wildman–Crippen MR) is 78.0 cm³/mol. The van der Waals surface area contributed by atoms with Crippen LogP contribution < -0.4 is 5.32 Å². The number of nitrogens with one attached hydrogen (secondary N) is 1. The van der Waals surface area contributed by atoms with Crippen LogP contribution in [0.15, 0.2) is 0 Å². The zero-order valence-electron chi connectivity index (χ0n) is 11.1. The molecule has 4 nitrogen and oxygen atoms in total. The van der Waals surface area contributed by atoms with Crippen LogP contribution in [-0.2, 0) is 9.84 Å². The van der Waals surface area contributed by atoms with Crippen molar-refractivity contribution in [3.05, 3.63) is 0 Å². The normalized spacial score (nSPS) is 32.7. The lowest BCUT2D eigenvalue weighted by Gasteiger charge is -2.32. The van der Waals surface area contributed by atoms with Crippen molar-refractivity contribution in [2.75, 3.05) is 43.4 Å². The molecule has 2 atom stereocenters. The Morgan fingerprint density at radius 3 is 2.94 bits per heavy atom. The molecule has 2 unspecified atom stereocenters. The maximum absolute atomic E-state index is 11.3. The number of thioether (sulfide) groups is 1. The second kappa shape index (κ2) is 6.59. The summed E-state index contributed by atoms with van der Waals surface area (Å²) in [6.07, 6.45) is 2.03. The van der Waals surface area contributed by atoms with Crippen LogP contribution in [0, 0.1) is 0 Å². The smallest absolute Gasteiger partial charge is 0.151 e. The summed E-state index contributed by atoms with van der Waals surface area (Å²) in [4.78, 5) is 2.50. The van der Waals surface area contributed by atoms with Gasteiger partial charge >= 0.3 is 0 Å². The highest BCUT2D eigenvalue weighted by atomic mass is 32.2. The molecule has 0 spiro atoms. The van der Waals surface area contributed by atoms with Gasteiger partial charge < -0.3 is 10.2 Å². The van der Waals surface area contributed by atoms with E-state index in [2.05, 4.69) is 28.9 Å². The van der Waals surface area contributed by atoms with E-state index in [-0.39, 0.29) is 6.04 Å². The lowest BCUT2D eigenvalue weighted by Crippen LogP contribution is -2.43. The molecule has 0 amide bonds. The van der Waals surface area contributed by atoms with Crippen molar-refractivity contribution < 1.29 is 8.42 Å². The van der Waals surface area contributed by atoms with E-state index in [0.29, 0.717) is 11.5 Å². The standard InChI is InChI=1S/C12H24N2O2S2/c1-2-12-9-14(6-7-17-12)5-4-13-11-3-8-18(15,16)10-11/h11-13H,2-10H2,1H3. The number of hydrogen-bond donors (Lipinski definition) is 1. The van der Waals surface area contributed by atoms with Crippen molar-refractivity contribution in [3.8, 4) is 0 Å². The third-order valence-corrected chi connectivity index (χ3v) is 6.91. The van der Waals surface area contributed by atoms with E-state index in [1.165, 1.54) is 25.3 Å². The zero-order valence-corrected chi connectivity index (χ0v) is 12.7. The van der Waals surface area contributed by atoms with Crippen LogP contribution in [0.4, 0.5) is 0 Å². The highest BCUT2D eigenvalue weighted by Crippen LogP contribution is 2.20. The van der Waals surface area contributed by atoms with Crippen molar-refractivity contribution in [3.63, 3.8) is 0 Å². The van der Waals surface area contributed by atoms with Crippen LogP contribution in [-0.4, -0.2) is 68.0 Å². The van der Waals surface area contributed by atoms with Gasteiger partial charge in [-0.25, -0.2) is 8.42 Å². The third kappa shape index (κ3) is 4.40. The number of nitrogens with zero attached hydrogens (tertiary/aromatic N) is 1. The fraction of sp³-hybridized carbons (Fsp3) is 1.00. The van der Waals surface area contributed by atoms with E-state index in [0.717, 1.165) is 24.8 Å². The van der Waals surface area contributed by atoms with Gasteiger partial charge in [-0.15, -0.1) is 0 Å². The van der Waals surface area contributed by atoms with Gasteiger partial charge in [0.25, 0.3) is 0 Å². The molecule has 106 valence electrons. The first-order valence-electron chi connectivity index (χ1n) is 6.87. The summed E-state index contributed by atoms with van der Waals surface area (Å²) in [5, 5.41) is 4.17. The Bertz CT molecular complexity index is 359. The van der Waals surface area contributed by atoms with Crippen molar-refractivity contribution in [2.24, 2.45) is 0 Å². The topological polar surface area (TPSA) is 49.4 Å². The molecule has 0 aromatic carbocycles. The number of rotatable bonds is 5. The van der Waals surface area contributed by atoms with Crippen LogP contribution in [0.2, 0.25) is 0 Å². The molecule has 2 heterocycles. The predicted octanol–water partition coefficient (Wildman–Crippen LogP) is 0.591. The Kier molecular flexibility index (Phi) is 5.35. The van der Waals surface area contributed by atoms with Crippen LogP contribution in [0.25, 0.3) is 0 Å². The first-order valence-corrected chi connectivity index (χ1v) is 9.74. The van der Waals surface area contributed by atoms with Gasteiger partial charge in [-0.05, 0) is 12.8 Å². The Morgan fingerprint density at radius 2 is 2.28 bits per heavy atom. The Hall–Kier alpha value is 0.220. The molecule has 0 aromatic rings. The van der Waals surface area contributed by atoms with Gasteiger partial charge in [-0.2, -0.15) is 11.8 Å². The molecular weight excluding hydrogens is 268 g/mol. The molecule has 0 aliphatic carbocycles. The first-order chi connectivity index (χ1) is 8.59. The van der Waals surface area contributed by atoms with Crippen molar-refractivity contribution in [1.82, 2.24) is 10.2 Å². The molecule has 18 heavy (non-hydrogen) atoms. The SMILES string of the molecule is CCC1CN(CCNC2CCS(=O)(=O)C2)CCS1. The van der Waals surface area contributed by atoms with E-state index in [1.54, 1.807) is 0 Å². The molecule has 2 rings (SSSR count). The Labute approximate surface area is 115 Å². The van der Waals surface area contributed by atoms with Crippen LogP contribution >= 0.6 is 11.8 Å². The minimum Gasteiger partial charge on any atom is -0.312 e. The Morgan fingerprint density at radius 1 is 1.44 bits per heavy atom. The summed E-state index contributed by atoms with van der Waals surface area (Å²) in [5.74, 6) is 1.93. The average Bonchev–Trinajstić information content (AvgIpc) is 2.69. The lowest BCUT2D eigenvalue weighted by atomic mass is 10.2. The van der Waals surface area contributed by atoms with E-state index in [1.807, 2.05) is 0 Å². The van der Waals surface area contributed by atoms with Crippen LogP contribution in [0.5, 0.6) is 0 Å². The fourth-order valence-corrected chi connectivity index (χ4v) is 5.57. The molecule has 2 aliphatic heterocycles. The summed E-state index contributed by atoms with van der Waals surface area (Å²) >= 11 is 2.08. The van der Waals surface area contributed by atoms with E-state index < -0.39 is 9.84 Å². The molecule has 2 saturated heterocycles. The maximum atomic E-state index is 11.3. The molecule has 0 bridgehead atoms. The average molecular weight is 292 g/mol. The van der Waals surface area contributed by atoms with Gasteiger partial charge in [-0.3, -0.25) is 0 Å². The maximum Gasteiger partial charge on any atom is 0.151 e. The molecule has 0 aromatic heterocycles. The van der Waals surface area contributed by atoms with Crippen LogP contribution in [0.3, 0.4) is 0 Å². The number of hydrogen-bond acceptors (Lipinski definition) is 5. The van der Waals surface area contributed by atoms with Gasteiger partial charge in [0, 0.05) is 43.2 Å². The molecule has 2 fully saturated rings. The van der Waals surface area contributed by atoms with E-state index >= 15 is 0 Å². The fourth-order valence-electron chi connectivity index (χ4n) is 2.61. The van der Waals surface area contributed by atoms with Gasteiger partial charge in [0.15, 0.2) is 9.84 Å². The second-order valence-corrected chi connectivity index (χ2v) is 8.89. The minimum absolute atomic E-state index is 0.191. The lowest BCUT2D eigenvalue weighted by molar-refractivity contribution is 0.277. The monoisotopic (exact) mass is 292 g/mol. The van der Waals surface area contributed by atoms with Crippen molar-refractivity contribution >= 4 is 21.6 Å². The van der Waals surface area contributed by atoms with Gasteiger partial charge in [-0.1, -0.05) is 6.92 Å². The number of sulfone groups is 1. The molecule has 0 saturated carbocycles. The summed E-state index contributed by atoms with van der Waals surface area (Å²) < 4.78 is 22.7. The summed E-state index contributed by atoms with van der Waals surface area (Å²) in [5.41, 5.74) is 0. The largest absolute Gasteiger partial charge is 0.312 e. The summed E-state index contributed by atoms with van der Waals surface area (Å²) in [6.45, 7) is 6.58. The van der Waals surface area contributed by atoms with Gasteiger partial charge in [0.2, 0.25) is 0 Å². The summed E-state index contributed by atoms with van der Waals surface area (Å²) in [7, 11) is -2.74. The molecule has 1 N–H and O–H groups in total. The van der Waals surface area contributed by atoms with Gasteiger partial charge in [0.1, 0.15) is 0 Å². The highest BCUT2D eigenvalue weighted by molar-refractivity contribution is 8.00. The molecule has 2 aliphatic rings. The van der Waals surface area contributed by atoms with Crippen molar-refractivity contribution in [1.29, 1.82) is 0 Å². The molecule has 6 heteroatoms. The molecular formula is C12H24N2O2S2. The highest BCUT2D eigenvalue weighted by Gasteiger charge is 2.27. The quantitative estimate of drug-likeness (QED) is 0.804. The second-order valence-electron chi connectivity index (χ2n) is 5.26. The van der Waals surface area contributed by atoms with Crippen molar-refractivity contribution in [2.45, 2.75) is 31.1 Å². The van der Waals surface area contributed by atoms with E-state index in [9.17, 15) is 8.42 Å². The van der Waals surface area contributed by atoms with Gasteiger partial charge in [0.05, 0.1) is 11.5 Å². The zero-order chi connectivity index (χ0) is 13.0. The van der Waals surface area contributed by atoms with Crippen LogP contribution in [0.1, 0.15) is 19.8 Å². The summed E-state index contributed by atoms with van der Waals surface area (Å²) in [6, 6.07) is 0.191. The van der Waals surface area contributed by atoms with E-state index in [4.69, 9.17) is 0 Å². The first kappa shape index (κ1) is 14.6. The molecule has 0 radical (unpaired) electrons. The minimum atomic E-state index is -2.74. The third-order valence-electron chi connectivity index (χ3n) is 3.77.